The molecule has 2 rings (SSSR count). The van der Waals surface area contributed by atoms with Crippen LogP contribution in [0.4, 0.5) is 13.2 Å². The lowest BCUT2D eigenvalue weighted by Crippen LogP contribution is -2.19. The molecule has 0 atom stereocenters. The Morgan fingerprint density at radius 2 is 1.90 bits per heavy atom. The number of rotatable bonds is 1. The lowest BCUT2D eigenvalue weighted by molar-refractivity contribution is -0.137. The van der Waals surface area contributed by atoms with Crippen molar-refractivity contribution < 1.29 is 13.2 Å². The van der Waals surface area contributed by atoms with Crippen molar-refractivity contribution in [3.63, 3.8) is 0 Å². The first-order valence-corrected chi connectivity index (χ1v) is 5.65. The molecule has 0 aliphatic rings. The molecule has 0 radical (unpaired) electrons. The molecule has 0 amide bonds. The van der Waals surface area contributed by atoms with Crippen LogP contribution in [0.5, 0.6) is 0 Å². The second kappa shape index (κ2) is 4.85. The van der Waals surface area contributed by atoms with E-state index in [4.69, 9.17) is 5.26 Å². The first kappa shape index (κ1) is 13.9. The molecule has 0 saturated carbocycles. The van der Waals surface area contributed by atoms with Gasteiger partial charge in [0.1, 0.15) is 11.6 Å². The predicted molar refractivity (Wildman–Crippen MR) is 67.0 cm³/mol. The van der Waals surface area contributed by atoms with Gasteiger partial charge < -0.3 is 4.98 Å². The fourth-order valence-electron chi connectivity index (χ4n) is 1.91. The third kappa shape index (κ3) is 2.43. The first-order valence-electron chi connectivity index (χ1n) is 5.65. The summed E-state index contributed by atoms with van der Waals surface area (Å²) in [5.41, 5.74) is -1.93. The number of aromatic amines is 1. The summed E-state index contributed by atoms with van der Waals surface area (Å²) < 4.78 is 38.7. The molecule has 1 heterocycles. The number of pyridine rings is 1. The van der Waals surface area contributed by atoms with Gasteiger partial charge in [-0.05, 0) is 18.6 Å². The number of H-pyrrole nitrogens is 1. The molecule has 20 heavy (non-hydrogen) atoms. The van der Waals surface area contributed by atoms with E-state index in [0.717, 1.165) is 11.6 Å². The SMILES string of the molecule is Cc1ccccc1-c1cc(C(F)(F)F)c(C#N)c(=O)[nH]1. The number of nitriles is 1. The van der Waals surface area contributed by atoms with Gasteiger partial charge in [0.15, 0.2) is 0 Å². The lowest BCUT2D eigenvalue weighted by Gasteiger charge is -2.11. The van der Waals surface area contributed by atoms with Crippen molar-refractivity contribution >= 4 is 0 Å². The summed E-state index contributed by atoms with van der Waals surface area (Å²) in [6, 6.07) is 8.82. The zero-order valence-corrected chi connectivity index (χ0v) is 10.4. The largest absolute Gasteiger partial charge is 0.417 e. The predicted octanol–water partition coefficient (Wildman–Crippen LogP) is 3.24. The van der Waals surface area contributed by atoms with Gasteiger partial charge in [-0.3, -0.25) is 4.79 Å². The van der Waals surface area contributed by atoms with E-state index in [9.17, 15) is 18.0 Å². The van der Waals surface area contributed by atoms with Crippen molar-refractivity contribution in [1.29, 1.82) is 5.26 Å². The molecule has 1 aromatic heterocycles. The third-order valence-electron chi connectivity index (χ3n) is 2.89. The zero-order valence-electron chi connectivity index (χ0n) is 10.4. The van der Waals surface area contributed by atoms with Crippen LogP contribution in [0.3, 0.4) is 0 Å². The number of hydrogen-bond donors (Lipinski definition) is 1. The van der Waals surface area contributed by atoms with Crippen molar-refractivity contribution in [3.05, 3.63) is 57.4 Å². The number of nitrogens with zero attached hydrogens (tertiary/aromatic N) is 1. The molecule has 0 aliphatic carbocycles. The van der Waals surface area contributed by atoms with E-state index in [1.807, 2.05) is 0 Å². The first-order chi connectivity index (χ1) is 9.34. The number of nitrogens with one attached hydrogen (secondary N) is 1. The highest BCUT2D eigenvalue weighted by atomic mass is 19.4. The molecule has 3 nitrogen and oxygen atoms in total. The molecule has 1 aromatic carbocycles. The van der Waals surface area contributed by atoms with Crippen molar-refractivity contribution in [2.45, 2.75) is 13.1 Å². The van der Waals surface area contributed by atoms with Gasteiger partial charge in [0.05, 0.1) is 5.56 Å². The molecule has 102 valence electrons. The molecular weight excluding hydrogens is 269 g/mol. The Morgan fingerprint density at radius 3 is 2.45 bits per heavy atom. The van der Waals surface area contributed by atoms with Gasteiger partial charge in [-0.2, -0.15) is 18.4 Å². The Labute approximate surface area is 112 Å². The zero-order chi connectivity index (χ0) is 14.9. The van der Waals surface area contributed by atoms with Crippen LogP contribution in [-0.2, 0) is 6.18 Å². The monoisotopic (exact) mass is 278 g/mol. The minimum Gasteiger partial charge on any atom is -0.321 e. The number of hydrogen-bond acceptors (Lipinski definition) is 2. The van der Waals surface area contributed by atoms with Crippen molar-refractivity contribution in [2.24, 2.45) is 0 Å². The Hall–Kier alpha value is -2.55. The minimum atomic E-state index is -4.75. The standard InChI is InChI=1S/C14H9F3N2O/c1-8-4-2-3-5-9(8)12-6-11(14(15,16)17)10(7-18)13(20)19-12/h2-6H,1H3,(H,19,20). The van der Waals surface area contributed by atoms with E-state index in [1.54, 1.807) is 31.2 Å². The average Bonchev–Trinajstić information content (AvgIpc) is 2.37. The van der Waals surface area contributed by atoms with E-state index in [0.29, 0.717) is 5.56 Å². The van der Waals surface area contributed by atoms with Gasteiger partial charge >= 0.3 is 6.18 Å². The Balaban J connectivity index is 2.77. The molecule has 0 aliphatic heterocycles. The summed E-state index contributed by atoms with van der Waals surface area (Å²) in [6.45, 7) is 1.72. The Morgan fingerprint density at radius 1 is 1.25 bits per heavy atom. The van der Waals surface area contributed by atoms with Crippen LogP contribution in [0.15, 0.2) is 35.1 Å². The molecule has 1 N–H and O–H groups in total. The van der Waals surface area contributed by atoms with Crippen LogP contribution in [0.2, 0.25) is 0 Å². The summed E-state index contributed by atoms with van der Waals surface area (Å²) in [4.78, 5) is 14.0. The summed E-state index contributed by atoms with van der Waals surface area (Å²) in [6.07, 6.45) is -4.75. The fourth-order valence-corrected chi connectivity index (χ4v) is 1.91. The maximum absolute atomic E-state index is 12.9. The highest BCUT2D eigenvalue weighted by Gasteiger charge is 2.35. The second-order valence-electron chi connectivity index (χ2n) is 4.23. The van der Waals surface area contributed by atoms with Crippen LogP contribution >= 0.6 is 0 Å². The normalized spacial score (nSPS) is 11.2. The minimum absolute atomic E-state index is 0.0411. The van der Waals surface area contributed by atoms with E-state index >= 15 is 0 Å². The maximum Gasteiger partial charge on any atom is 0.417 e. The lowest BCUT2D eigenvalue weighted by atomic mass is 10.0. The van der Waals surface area contributed by atoms with Crippen molar-refractivity contribution in [3.8, 4) is 17.3 Å². The molecule has 0 spiro atoms. The highest BCUT2D eigenvalue weighted by molar-refractivity contribution is 5.65. The summed E-state index contributed by atoms with van der Waals surface area (Å²) in [7, 11) is 0. The fraction of sp³-hybridized carbons (Fsp3) is 0.143. The molecule has 0 unspecified atom stereocenters. The van der Waals surface area contributed by atoms with Crippen molar-refractivity contribution in [1.82, 2.24) is 4.98 Å². The van der Waals surface area contributed by atoms with E-state index in [-0.39, 0.29) is 5.69 Å². The topological polar surface area (TPSA) is 56.6 Å². The number of alkyl halides is 3. The van der Waals surface area contributed by atoms with Crippen molar-refractivity contribution in [2.75, 3.05) is 0 Å². The maximum atomic E-state index is 12.9. The van der Waals surface area contributed by atoms with E-state index in [1.165, 1.54) is 6.07 Å². The highest BCUT2D eigenvalue weighted by Crippen LogP contribution is 2.33. The van der Waals surface area contributed by atoms with E-state index < -0.39 is 22.9 Å². The van der Waals surface area contributed by atoms with Gasteiger partial charge in [-0.15, -0.1) is 0 Å². The number of halogens is 3. The van der Waals surface area contributed by atoms with Crippen LogP contribution in [0, 0.1) is 18.3 Å². The van der Waals surface area contributed by atoms with E-state index in [2.05, 4.69) is 4.98 Å². The van der Waals surface area contributed by atoms with Crippen LogP contribution < -0.4 is 5.56 Å². The van der Waals surface area contributed by atoms with Crippen LogP contribution in [-0.4, -0.2) is 4.98 Å². The average molecular weight is 278 g/mol. The molecule has 0 fully saturated rings. The van der Waals surface area contributed by atoms with Crippen LogP contribution in [0.25, 0.3) is 11.3 Å². The van der Waals surface area contributed by atoms with Gasteiger partial charge in [-0.25, -0.2) is 0 Å². The number of aromatic nitrogens is 1. The molecule has 0 saturated heterocycles. The Bertz CT molecular complexity index is 754. The second-order valence-corrected chi connectivity index (χ2v) is 4.23. The quantitative estimate of drug-likeness (QED) is 0.870. The van der Waals surface area contributed by atoms with Crippen LogP contribution in [0.1, 0.15) is 16.7 Å². The summed E-state index contributed by atoms with van der Waals surface area (Å²) >= 11 is 0. The Kier molecular flexibility index (Phi) is 3.36. The van der Waals surface area contributed by atoms with Gasteiger partial charge in [0.2, 0.25) is 0 Å². The molecule has 6 heteroatoms. The third-order valence-corrected chi connectivity index (χ3v) is 2.89. The summed E-state index contributed by atoms with van der Waals surface area (Å²) in [5, 5.41) is 8.71. The molecule has 2 aromatic rings. The number of benzene rings is 1. The molecular formula is C14H9F3N2O. The molecule has 0 bridgehead atoms. The van der Waals surface area contributed by atoms with Gasteiger partial charge in [0, 0.05) is 11.3 Å². The summed E-state index contributed by atoms with van der Waals surface area (Å²) in [5.74, 6) is 0. The smallest absolute Gasteiger partial charge is 0.321 e. The number of aryl methyl sites for hydroxylation is 1. The van der Waals surface area contributed by atoms with Gasteiger partial charge in [0.25, 0.3) is 5.56 Å². The van der Waals surface area contributed by atoms with Gasteiger partial charge in [-0.1, -0.05) is 24.3 Å².